The number of hydrogen-bond acceptors (Lipinski definition) is 11. The monoisotopic (exact) mass is 1010 g/mol. The largest absolute Gasteiger partial charge is 0.448 e. The van der Waals surface area contributed by atoms with Gasteiger partial charge in [0, 0.05) is 33.9 Å². The SMILES string of the molecule is CCO/N=C(/C(=O)N[C@@H]1C(=O)N2C(C(=O)OC(c3ccccc3)c3ccccc3)=C(CSc3cc[n+](CC(F)(F)F)cc3)CS[C@H]12)c1csc(NC(c2ccccc2)(c2ccccc2)c2ccccc2)n1. The summed E-state index contributed by atoms with van der Waals surface area (Å²) in [5.74, 6) is -1.47. The molecule has 2 amide bonds. The Bertz CT molecular complexity index is 2890. The van der Waals surface area contributed by atoms with Crippen LogP contribution < -0.4 is 15.2 Å². The molecular weight excluding hydrogens is 966 g/mol. The number of thiazole rings is 1. The van der Waals surface area contributed by atoms with Crippen LogP contribution in [-0.4, -0.2) is 69.1 Å². The molecule has 360 valence electrons. The van der Waals surface area contributed by atoms with E-state index in [4.69, 9.17) is 14.6 Å². The molecule has 1 saturated heterocycles. The van der Waals surface area contributed by atoms with Gasteiger partial charge in [-0.3, -0.25) is 14.5 Å². The highest BCUT2D eigenvalue weighted by Gasteiger charge is 2.55. The molecule has 0 bridgehead atoms. The molecule has 0 spiro atoms. The van der Waals surface area contributed by atoms with Gasteiger partial charge in [0.15, 0.2) is 29.3 Å². The topological polar surface area (TPSA) is 126 Å². The second kappa shape index (κ2) is 21.8. The van der Waals surface area contributed by atoms with Crippen LogP contribution in [0.15, 0.2) is 203 Å². The summed E-state index contributed by atoms with van der Waals surface area (Å²) in [5, 5.41) is 12.3. The number of amides is 2. The Balaban J connectivity index is 0.988. The van der Waals surface area contributed by atoms with Gasteiger partial charge in [0.2, 0.25) is 6.54 Å². The van der Waals surface area contributed by atoms with Gasteiger partial charge in [0.1, 0.15) is 35.0 Å². The van der Waals surface area contributed by atoms with Gasteiger partial charge in [0.25, 0.3) is 11.8 Å². The molecule has 0 saturated carbocycles. The van der Waals surface area contributed by atoms with E-state index in [0.29, 0.717) is 26.7 Å². The number of rotatable bonds is 18. The lowest BCUT2D eigenvalue weighted by Crippen LogP contribution is -2.71. The molecule has 0 aliphatic carbocycles. The summed E-state index contributed by atoms with van der Waals surface area (Å²) in [7, 11) is 0. The number of nitrogens with one attached hydrogen (secondary N) is 2. The Hall–Kier alpha value is -7.21. The standard InChI is InChI=1S/C54H45F3N6O5S3/c1-2-67-61-44(43-34-71-52(58-43)60-54(39-22-12-5-13-23-39,40-24-14-6-15-25-40)41-26-16-7-17-27-41)48(64)59-45-49(65)63-46(51(66)68-47(36-18-8-3-9-19-36)37-20-10-4-11-21-37)38(33-70-50(45)63)32-69-42-28-30-62(31-29-42)35-53(55,56)57/h3-31,34,45,47,50H,2,32-33,35H2,1H3,(H-,58,59,60,64)/p+1/b61-44+/t45-,50-/m1/s1. The highest BCUT2D eigenvalue weighted by molar-refractivity contribution is 8.01. The first kappa shape index (κ1) is 48.8. The predicted molar refractivity (Wildman–Crippen MR) is 269 cm³/mol. The van der Waals surface area contributed by atoms with Crippen molar-refractivity contribution in [2.45, 2.75) is 47.6 Å². The van der Waals surface area contributed by atoms with E-state index in [0.717, 1.165) is 21.3 Å². The zero-order valence-electron chi connectivity index (χ0n) is 38.1. The third-order valence-corrected chi connectivity index (χ3v) is 14.9. The fraction of sp³-hybridized carbons (Fsp3) is 0.185. The Morgan fingerprint density at radius 2 is 1.35 bits per heavy atom. The fourth-order valence-electron chi connectivity index (χ4n) is 8.48. The van der Waals surface area contributed by atoms with Crippen LogP contribution in [0.25, 0.3) is 0 Å². The number of pyridine rings is 1. The number of hydrogen-bond donors (Lipinski definition) is 2. The summed E-state index contributed by atoms with van der Waals surface area (Å²) >= 11 is 3.97. The number of carbonyl (C=O) groups is 3. The number of halogens is 3. The lowest BCUT2D eigenvalue weighted by molar-refractivity contribution is -0.719. The molecule has 2 aliphatic rings. The number of benzene rings is 5. The van der Waals surface area contributed by atoms with Gasteiger partial charge in [0.05, 0.1) is 0 Å². The first-order valence-corrected chi connectivity index (χ1v) is 25.5. The molecule has 71 heavy (non-hydrogen) atoms. The van der Waals surface area contributed by atoms with E-state index in [1.54, 1.807) is 24.4 Å². The van der Waals surface area contributed by atoms with Gasteiger partial charge in [-0.05, 0) is 40.3 Å². The normalized spacial score (nSPS) is 16.0. The summed E-state index contributed by atoms with van der Waals surface area (Å²) < 4.78 is 46.6. The number of ether oxygens (including phenoxy) is 1. The molecule has 2 atom stereocenters. The number of oxime groups is 1. The molecule has 2 aliphatic heterocycles. The quantitative estimate of drug-likeness (QED) is 0.0164. The minimum atomic E-state index is -4.38. The number of esters is 1. The summed E-state index contributed by atoms with van der Waals surface area (Å²) in [4.78, 5) is 55.9. The van der Waals surface area contributed by atoms with Crippen molar-refractivity contribution < 1.29 is 41.7 Å². The molecule has 4 heterocycles. The predicted octanol–water partition coefficient (Wildman–Crippen LogP) is 9.92. The molecule has 2 aromatic heterocycles. The zero-order valence-corrected chi connectivity index (χ0v) is 40.5. The summed E-state index contributed by atoms with van der Waals surface area (Å²) in [6.07, 6.45) is -2.51. The second-order valence-corrected chi connectivity index (χ2v) is 19.4. The lowest BCUT2D eigenvalue weighted by Gasteiger charge is -2.49. The zero-order chi connectivity index (χ0) is 49.4. The van der Waals surface area contributed by atoms with Gasteiger partial charge >= 0.3 is 12.1 Å². The van der Waals surface area contributed by atoms with Crippen molar-refractivity contribution in [1.82, 2.24) is 15.2 Å². The number of β-lactam (4-membered cyclic amide) rings is 1. The van der Waals surface area contributed by atoms with Crippen molar-refractivity contribution in [3.8, 4) is 0 Å². The van der Waals surface area contributed by atoms with Crippen LogP contribution in [0.5, 0.6) is 0 Å². The van der Waals surface area contributed by atoms with E-state index in [1.807, 2.05) is 152 Å². The van der Waals surface area contributed by atoms with Gasteiger partial charge < -0.3 is 20.2 Å². The summed E-state index contributed by atoms with van der Waals surface area (Å²) in [6, 6.07) is 50.7. The highest BCUT2D eigenvalue weighted by atomic mass is 32.2. The second-order valence-electron chi connectivity index (χ2n) is 16.4. The third kappa shape index (κ3) is 10.9. The van der Waals surface area contributed by atoms with E-state index in [-0.39, 0.29) is 35.2 Å². The molecule has 1 fully saturated rings. The number of carbonyl (C=O) groups excluding carboxylic acids is 3. The maximum Gasteiger partial charge on any atom is 0.448 e. The molecule has 0 unspecified atom stereocenters. The number of alkyl halides is 3. The van der Waals surface area contributed by atoms with Gasteiger partial charge in [-0.2, -0.15) is 17.7 Å². The Labute approximate surface area is 420 Å². The first-order valence-electron chi connectivity index (χ1n) is 22.6. The maximum absolute atomic E-state index is 14.7. The molecule has 0 radical (unpaired) electrons. The average Bonchev–Trinajstić information content (AvgIpc) is 3.87. The lowest BCUT2D eigenvalue weighted by atomic mass is 9.77. The third-order valence-electron chi connectivity index (χ3n) is 11.8. The minimum Gasteiger partial charge on any atom is -0.448 e. The molecule has 2 N–H and O–H groups in total. The van der Waals surface area contributed by atoms with Crippen LogP contribution in [0, 0.1) is 0 Å². The van der Waals surface area contributed by atoms with Crippen LogP contribution >= 0.6 is 34.9 Å². The fourth-order valence-corrected chi connectivity index (χ4v) is 11.6. The van der Waals surface area contributed by atoms with Crippen molar-refractivity contribution in [3.63, 3.8) is 0 Å². The maximum atomic E-state index is 14.7. The number of thioether (sulfide) groups is 2. The molecule has 5 aromatic carbocycles. The number of nitrogens with zero attached hydrogens (tertiary/aromatic N) is 4. The van der Waals surface area contributed by atoms with Crippen molar-refractivity contribution in [3.05, 3.63) is 226 Å². The van der Waals surface area contributed by atoms with Gasteiger partial charge in [-0.1, -0.05) is 157 Å². The molecule has 11 nitrogen and oxygen atoms in total. The van der Waals surface area contributed by atoms with Crippen molar-refractivity contribution in [2.75, 3.05) is 23.4 Å². The Morgan fingerprint density at radius 3 is 1.87 bits per heavy atom. The smallest absolute Gasteiger partial charge is 0.448 e. The average molecular weight is 1010 g/mol. The van der Waals surface area contributed by atoms with E-state index in [1.165, 1.54) is 52.2 Å². The van der Waals surface area contributed by atoms with Crippen LogP contribution in [0.3, 0.4) is 0 Å². The molecule has 7 aromatic rings. The number of aromatic nitrogens is 2. The summed E-state index contributed by atoms with van der Waals surface area (Å²) in [6.45, 7) is 0.758. The Kier molecular flexibility index (Phi) is 15.0. The van der Waals surface area contributed by atoms with Gasteiger partial charge in [-0.15, -0.1) is 34.9 Å². The highest BCUT2D eigenvalue weighted by Crippen LogP contribution is 2.44. The van der Waals surface area contributed by atoms with E-state index < -0.39 is 53.6 Å². The van der Waals surface area contributed by atoms with Crippen LogP contribution in [0.4, 0.5) is 18.3 Å². The van der Waals surface area contributed by atoms with Crippen LogP contribution in [0.1, 0.15) is 46.5 Å². The first-order chi connectivity index (χ1) is 34.5. The van der Waals surface area contributed by atoms with Crippen LogP contribution in [-0.2, 0) is 36.0 Å². The summed E-state index contributed by atoms with van der Waals surface area (Å²) in [5.41, 5.74) is 4.12. The molecule has 9 rings (SSSR count). The number of anilines is 1. The van der Waals surface area contributed by atoms with Crippen molar-refractivity contribution in [2.24, 2.45) is 5.16 Å². The van der Waals surface area contributed by atoms with E-state index in [2.05, 4.69) is 15.8 Å². The molecular formula is C54H46F3N6O5S3+. The number of fused-ring (bicyclic) bond motifs is 1. The molecule has 17 heteroatoms. The van der Waals surface area contributed by atoms with Crippen molar-refractivity contribution in [1.29, 1.82) is 0 Å². The van der Waals surface area contributed by atoms with Crippen LogP contribution in [0.2, 0.25) is 0 Å². The van der Waals surface area contributed by atoms with Crippen molar-refractivity contribution >= 4 is 63.5 Å². The minimum absolute atomic E-state index is 0.0498. The Morgan fingerprint density at radius 1 is 0.817 bits per heavy atom. The van der Waals surface area contributed by atoms with E-state index >= 15 is 0 Å². The van der Waals surface area contributed by atoms with Gasteiger partial charge in [-0.25, -0.2) is 9.78 Å². The van der Waals surface area contributed by atoms with E-state index in [9.17, 15) is 27.6 Å².